The van der Waals surface area contributed by atoms with Crippen molar-refractivity contribution in [1.29, 1.82) is 0 Å². The molecule has 0 amide bonds. The van der Waals surface area contributed by atoms with Crippen LogP contribution in [0, 0.1) is 5.41 Å². The van der Waals surface area contributed by atoms with Crippen LogP contribution in [0.1, 0.15) is 38.5 Å². The maximum absolute atomic E-state index is 3.58. The molecule has 2 aliphatic carbocycles. The highest BCUT2D eigenvalue weighted by Crippen LogP contribution is 2.47. The Kier molecular flexibility index (Phi) is 2.29. The summed E-state index contributed by atoms with van der Waals surface area (Å²) in [5.74, 6) is 0. The fourth-order valence-corrected chi connectivity index (χ4v) is 2.95. The van der Waals surface area contributed by atoms with Gasteiger partial charge in [-0.2, -0.15) is 0 Å². The highest BCUT2D eigenvalue weighted by molar-refractivity contribution is 5.00. The molecule has 0 unspecified atom stereocenters. The van der Waals surface area contributed by atoms with Crippen molar-refractivity contribution in [2.45, 2.75) is 44.6 Å². The maximum Gasteiger partial charge on any atom is 0.00682 e. The van der Waals surface area contributed by atoms with Gasteiger partial charge in [-0.25, -0.2) is 0 Å². The van der Waals surface area contributed by atoms with Crippen LogP contribution in [0.15, 0.2) is 0 Å². The molecule has 1 saturated heterocycles. The smallest absolute Gasteiger partial charge is 0.00682 e. The second kappa shape index (κ2) is 3.49. The lowest BCUT2D eigenvalue weighted by Crippen LogP contribution is -2.59. The van der Waals surface area contributed by atoms with Crippen LogP contribution in [0.4, 0.5) is 0 Å². The van der Waals surface area contributed by atoms with Crippen molar-refractivity contribution in [3.05, 3.63) is 0 Å². The van der Waals surface area contributed by atoms with Crippen LogP contribution in [0.3, 0.4) is 0 Å². The third kappa shape index (κ3) is 1.82. The molecule has 3 aliphatic rings. The van der Waals surface area contributed by atoms with Gasteiger partial charge in [0.15, 0.2) is 0 Å². The van der Waals surface area contributed by atoms with Crippen molar-refractivity contribution in [2.24, 2.45) is 5.41 Å². The summed E-state index contributed by atoms with van der Waals surface area (Å²) >= 11 is 0. The molecule has 3 rings (SSSR count). The van der Waals surface area contributed by atoms with Crippen molar-refractivity contribution in [3.8, 4) is 0 Å². The Balaban J connectivity index is 1.24. The molecule has 0 aromatic rings. The average Bonchev–Trinajstić information content (AvgIpc) is 2.80. The number of nitrogens with zero attached hydrogens (tertiary/aromatic N) is 1. The van der Waals surface area contributed by atoms with Crippen LogP contribution < -0.4 is 5.32 Å². The summed E-state index contributed by atoms with van der Waals surface area (Å²) in [6.07, 6.45) is 8.73. The van der Waals surface area contributed by atoms with Gasteiger partial charge in [-0.3, -0.25) is 0 Å². The van der Waals surface area contributed by atoms with E-state index in [1.807, 2.05) is 0 Å². The minimum absolute atomic E-state index is 0.823. The minimum atomic E-state index is 0.823. The van der Waals surface area contributed by atoms with Crippen LogP contribution in [-0.4, -0.2) is 37.1 Å². The third-order valence-corrected chi connectivity index (χ3v) is 4.19. The van der Waals surface area contributed by atoms with E-state index >= 15 is 0 Å². The molecule has 0 atom stereocenters. The number of likely N-dealkylation sites (tertiary alicyclic amines) is 1. The molecule has 0 aromatic carbocycles. The lowest BCUT2D eigenvalue weighted by molar-refractivity contribution is -0.0596. The SMILES string of the molecule is C(CNC1CC1)CN1CC2(CCC2)C1. The summed E-state index contributed by atoms with van der Waals surface area (Å²) in [5.41, 5.74) is 0.823. The van der Waals surface area contributed by atoms with Crippen molar-refractivity contribution in [2.75, 3.05) is 26.2 Å². The van der Waals surface area contributed by atoms with E-state index in [0.29, 0.717) is 0 Å². The van der Waals surface area contributed by atoms with E-state index in [9.17, 15) is 0 Å². The molecular weight excluding hydrogens is 172 g/mol. The van der Waals surface area contributed by atoms with Crippen LogP contribution >= 0.6 is 0 Å². The molecule has 1 heterocycles. The predicted molar refractivity (Wildman–Crippen MR) is 58.4 cm³/mol. The van der Waals surface area contributed by atoms with Gasteiger partial charge >= 0.3 is 0 Å². The van der Waals surface area contributed by atoms with E-state index in [1.54, 1.807) is 0 Å². The highest BCUT2D eigenvalue weighted by atomic mass is 15.2. The Morgan fingerprint density at radius 2 is 2.00 bits per heavy atom. The van der Waals surface area contributed by atoms with Crippen molar-refractivity contribution in [1.82, 2.24) is 10.2 Å². The molecule has 1 spiro atoms. The Labute approximate surface area is 87.0 Å². The molecule has 2 heteroatoms. The van der Waals surface area contributed by atoms with Crippen LogP contribution in [-0.2, 0) is 0 Å². The van der Waals surface area contributed by atoms with Gasteiger partial charge in [0, 0.05) is 19.1 Å². The topological polar surface area (TPSA) is 15.3 Å². The quantitative estimate of drug-likeness (QED) is 0.669. The zero-order valence-electron chi connectivity index (χ0n) is 9.10. The fraction of sp³-hybridized carbons (Fsp3) is 1.00. The van der Waals surface area contributed by atoms with Gasteiger partial charge in [0.05, 0.1) is 0 Å². The third-order valence-electron chi connectivity index (χ3n) is 4.19. The lowest BCUT2D eigenvalue weighted by atomic mass is 9.63. The molecule has 1 aliphatic heterocycles. The molecule has 3 fully saturated rings. The molecular formula is C12H22N2. The molecule has 14 heavy (non-hydrogen) atoms. The summed E-state index contributed by atoms with van der Waals surface area (Å²) in [4.78, 5) is 2.65. The number of rotatable bonds is 5. The standard InChI is InChI=1S/C12H22N2/c1-5-12(6-1)9-14(10-12)8-2-7-13-11-3-4-11/h11,13H,1-10H2. The van der Waals surface area contributed by atoms with Crippen LogP contribution in [0.2, 0.25) is 0 Å². The van der Waals surface area contributed by atoms with Gasteiger partial charge < -0.3 is 10.2 Å². The first-order valence-electron chi connectivity index (χ1n) is 6.32. The molecule has 0 radical (unpaired) electrons. The Morgan fingerprint density at radius 3 is 2.57 bits per heavy atom. The molecule has 1 N–H and O–H groups in total. The van der Waals surface area contributed by atoms with E-state index in [-0.39, 0.29) is 0 Å². The zero-order chi connectivity index (χ0) is 9.43. The van der Waals surface area contributed by atoms with Gasteiger partial charge in [0.1, 0.15) is 0 Å². The van der Waals surface area contributed by atoms with E-state index in [2.05, 4.69) is 10.2 Å². The maximum atomic E-state index is 3.58. The van der Waals surface area contributed by atoms with Crippen molar-refractivity contribution < 1.29 is 0 Å². The van der Waals surface area contributed by atoms with Crippen LogP contribution in [0.5, 0.6) is 0 Å². The first-order valence-corrected chi connectivity index (χ1v) is 6.32. The van der Waals surface area contributed by atoms with Gasteiger partial charge in [-0.15, -0.1) is 0 Å². The number of hydrogen-bond acceptors (Lipinski definition) is 2. The first kappa shape index (κ1) is 9.17. The largest absolute Gasteiger partial charge is 0.314 e. The van der Waals surface area contributed by atoms with E-state index < -0.39 is 0 Å². The highest BCUT2D eigenvalue weighted by Gasteiger charge is 2.46. The molecule has 2 saturated carbocycles. The predicted octanol–water partition coefficient (Wildman–Crippen LogP) is 1.61. The zero-order valence-corrected chi connectivity index (χ0v) is 9.10. The van der Waals surface area contributed by atoms with E-state index in [0.717, 1.165) is 11.5 Å². The van der Waals surface area contributed by atoms with E-state index in [4.69, 9.17) is 0 Å². The second-order valence-corrected chi connectivity index (χ2v) is 5.65. The summed E-state index contributed by atoms with van der Waals surface area (Å²) in [6, 6.07) is 0.893. The van der Waals surface area contributed by atoms with Gasteiger partial charge in [-0.05, 0) is 50.6 Å². The molecule has 0 bridgehead atoms. The second-order valence-electron chi connectivity index (χ2n) is 5.65. The molecule has 0 aromatic heterocycles. The first-order chi connectivity index (χ1) is 6.86. The Morgan fingerprint density at radius 1 is 1.21 bits per heavy atom. The molecule has 80 valence electrons. The van der Waals surface area contributed by atoms with Crippen molar-refractivity contribution >= 4 is 0 Å². The summed E-state index contributed by atoms with van der Waals surface area (Å²) in [5, 5.41) is 3.58. The minimum Gasteiger partial charge on any atom is -0.314 e. The summed E-state index contributed by atoms with van der Waals surface area (Å²) < 4.78 is 0. The van der Waals surface area contributed by atoms with Gasteiger partial charge in [-0.1, -0.05) is 6.42 Å². The van der Waals surface area contributed by atoms with Gasteiger partial charge in [0.25, 0.3) is 0 Å². The monoisotopic (exact) mass is 194 g/mol. The summed E-state index contributed by atoms with van der Waals surface area (Å²) in [7, 11) is 0. The Hall–Kier alpha value is -0.0800. The Bertz CT molecular complexity index is 198. The number of hydrogen-bond donors (Lipinski definition) is 1. The van der Waals surface area contributed by atoms with Crippen molar-refractivity contribution in [3.63, 3.8) is 0 Å². The normalized spacial score (nSPS) is 30.0. The summed E-state index contributed by atoms with van der Waals surface area (Å²) in [6.45, 7) is 5.41. The molecule has 2 nitrogen and oxygen atoms in total. The van der Waals surface area contributed by atoms with Gasteiger partial charge in [0.2, 0.25) is 0 Å². The average molecular weight is 194 g/mol. The van der Waals surface area contributed by atoms with Crippen LogP contribution in [0.25, 0.3) is 0 Å². The number of nitrogens with one attached hydrogen (secondary N) is 1. The lowest BCUT2D eigenvalue weighted by Gasteiger charge is -2.56. The van der Waals surface area contributed by atoms with E-state index in [1.165, 1.54) is 64.7 Å². The fourth-order valence-electron chi connectivity index (χ4n) is 2.95.